The lowest BCUT2D eigenvalue weighted by atomic mass is 10.2. The molecule has 0 N–H and O–H groups in total. The van der Waals surface area contributed by atoms with Crippen LogP contribution >= 0.6 is 0 Å². The van der Waals surface area contributed by atoms with Gasteiger partial charge in [-0.3, -0.25) is 0 Å². The fraction of sp³-hybridized carbons (Fsp3) is 0.714. The largest absolute Gasteiger partial charge is 0.381 e. The van der Waals surface area contributed by atoms with Gasteiger partial charge >= 0.3 is 0 Å². The van der Waals surface area contributed by atoms with E-state index in [1.807, 2.05) is 13.8 Å². The van der Waals surface area contributed by atoms with Crippen molar-refractivity contribution in [1.29, 1.82) is 0 Å². The molecule has 0 aliphatic carbocycles. The monoisotopic (exact) mass is 114 g/mol. The summed E-state index contributed by atoms with van der Waals surface area (Å²) in [4.78, 5) is 0. The van der Waals surface area contributed by atoms with Gasteiger partial charge in [-0.1, -0.05) is 5.57 Å². The van der Waals surface area contributed by atoms with E-state index in [1.165, 1.54) is 5.57 Å². The number of ether oxygens (including phenoxy) is 1. The maximum atomic E-state index is 5.00. The Kier molecular flexibility index (Phi) is 3.53. The first-order valence-electron chi connectivity index (χ1n) is 2.84. The average Bonchev–Trinajstić information content (AvgIpc) is 1.65. The highest BCUT2D eigenvalue weighted by Crippen LogP contribution is 2.02. The van der Waals surface area contributed by atoms with Crippen LogP contribution in [0.3, 0.4) is 0 Å². The Balaban J connectivity index is 3.24. The summed E-state index contributed by atoms with van der Waals surface area (Å²) in [7, 11) is 1.72. The molecule has 0 bridgehead atoms. The molecule has 0 heterocycles. The van der Waals surface area contributed by atoms with E-state index in [-0.39, 0.29) is 0 Å². The highest BCUT2D eigenvalue weighted by Gasteiger charge is 1.96. The third-order valence-electron chi connectivity index (χ3n) is 1.04. The smallest absolute Gasteiger partial charge is 0.0580 e. The molecule has 0 rings (SSSR count). The van der Waals surface area contributed by atoms with Gasteiger partial charge in [-0.15, -0.1) is 6.58 Å². The van der Waals surface area contributed by atoms with Gasteiger partial charge in [-0.2, -0.15) is 0 Å². The molecular weight excluding hydrogens is 100 g/mol. The first-order valence-corrected chi connectivity index (χ1v) is 2.84. The summed E-state index contributed by atoms with van der Waals surface area (Å²) in [5, 5.41) is 0. The summed E-state index contributed by atoms with van der Waals surface area (Å²) in [5.41, 5.74) is 1.18. The molecule has 0 spiro atoms. The maximum Gasteiger partial charge on any atom is 0.0580 e. The van der Waals surface area contributed by atoms with Gasteiger partial charge < -0.3 is 4.74 Å². The van der Waals surface area contributed by atoms with Crippen molar-refractivity contribution in [2.45, 2.75) is 26.4 Å². The van der Waals surface area contributed by atoms with Crippen LogP contribution in [0.4, 0.5) is 0 Å². The van der Waals surface area contributed by atoms with Crippen molar-refractivity contribution in [3.05, 3.63) is 12.2 Å². The molecule has 0 unspecified atom stereocenters. The first-order chi connectivity index (χ1) is 3.66. The lowest BCUT2D eigenvalue weighted by Crippen LogP contribution is -2.03. The van der Waals surface area contributed by atoms with E-state index in [1.54, 1.807) is 7.11 Å². The van der Waals surface area contributed by atoms with Crippen LogP contribution in [0, 0.1) is 0 Å². The van der Waals surface area contributed by atoms with Gasteiger partial charge in [0.05, 0.1) is 6.10 Å². The summed E-state index contributed by atoms with van der Waals surface area (Å²) >= 11 is 0. The lowest BCUT2D eigenvalue weighted by molar-refractivity contribution is 0.119. The van der Waals surface area contributed by atoms with Crippen molar-refractivity contribution in [3.63, 3.8) is 0 Å². The minimum absolute atomic E-state index is 0.326. The molecule has 0 amide bonds. The van der Waals surface area contributed by atoms with Crippen molar-refractivity contribution in [2.24, 2.45) is 0 Å². The van der Waals surface area contributed by atoms with Crippen molar-refractivity contribution in [3.8, 4) is 0 Å². The zero-order chi connectivity index (χ0) is 6.57. The molecule has 0 fully saturated rings. The van der Waals surface area contributed by atoms with Crippen molar-refractivity contribution in [1.82, 2.24) is 0 Å². The number of rotatable bonds is 3. The van der Waals surface area contributed by atoms with Crippen LogP contribution in [-0.4, -0.2) is 13.2 Å². The topological polar surface area (TPSA) is 9.23 Å². The van der Waals surface area contributed by atoms with Crippen LogP contribution in [0.5, 0.6) is 0 Å². The molecule has 0 aromatic carbocycles. The molecule has 0 aromatic heterocycles. The molecule has 1 nitrogen and oxygen atoms in total. The molecule has 0 aromatic rings. The molecule has 0 radical (unpaired) electrons. The fourth-order valence-corrected chi connectivity index (χ4v) is 0.574. The molecule has 48 valence electrons. The van der Waals surface area contributed by atoms with Gasteiger partial charge in [-0.25, -0.2) is 0 Å². The van der Waals surface area contributed by atoms with Gasteiger partial charge in [-0.05, 0) is 20.3 Å². The molecule has 8 heavy (non-hydrogen) atoms. The standard InChI is InChI=1S/C7H14O/c1-6(2)5-7(3)8-4/h7H,1,5H2,2-4H3/t7-/m0/s1. The highest BCUT2D eigenvalue weighted by molar-refractivity contribution is 4.89. The molecule has 0 saturated carbocycles. The van der Waals surface area contributed by atoms with Crippen LogP contribution in [0.2, 0.25) is 0 Å². The second kappa shape index (κ2) is 3.67. The molecule has 0 aliphatic heterocycles. The van der Waals surface area contributed by atoms with E-state index in [9.17, 15) is 0 Å². The Labute approximate surface area is 51.4 Å². The van der Waals surface area contributed by atoms with Gasteiger partial charge in [0, 0.05) is 7.11 Å². The van der Waals surface area contributed by atoms with Crippen molar-refractivity contribution in [2.75, 3.05) is 7.11 Å². The van der Waals surface area contributed by atoms with E-state index in [4.69, 9.17) is 4.74 Å². The number of hydrogen-bond acceptors (Lipinski definition) is 1. The second-order valence-electron chi connectivity index (χ2n) is 2.21. The SMILES string of the molecule is C=C(C)C[C@H](C)OC. The zero-order valence-electron chi connectivity index (χ0n) is 5.90. The van der Waals surface area contributed by atoms with Crippen molar-refractivity contribution >= 4 is 0 Å². The minimum atomic E-state index is 0.326. The molecule has 1 heteroatoms. The molecular formula is C7H14O. The van der Waals surface area contributed by atoms with Crippen molar-refractivity contribution < 1.29 is 4.74 Å². The van der Waals surface area contributed by atoms with Gasteiger partial charge in [0.25, 0.3) is 0 Å². The summed E-state index contributed by atoms with van der Waals surface area (Å²) in [5.74, 6) is 0. The van der Waals surface area contributed by atoms with E-state index < -0.39 is 0 Å². The van der Waals surface area contributed by atoms with Crippen LogP contribution in [0.25, 0.3) is 0 Å². The quantitative estimate of drug-likeness (QED) is 0.510. The zero-order valence-corrected chi connectivity index (χ0v) is 5.90. The lowest BCUT2D eigenvalue weighted by Gasteiger charge is -2.06. The predicted octanol–water partition coefficient (Wildman–Crippen LogP) is 1.99. The second-order valence-corrected chi connectivity index (χ2v) is 2.21. The van der Waals surface area contributed by atoms with E-state index in [2.05, 4.69) is 6.58 Å². The number of hydrogen-bond donors (Lipinski definition) is 0. The normalized spacial score (nSPS) is 13.4. The highest BCUT2D eigenvalue weighted by atomic mass is 16.5. The van der Waals surface area contributed by atoms with Crippen LogP contribution in [-0.2, 0) is 4.74 Å². The van der Waals surface area contributed by atoms with Crippen LogP contribution < -0.4 is 0 Å². The van der Waals surface area contributed by atoms with Crippen LogP contribution in [0.1, 0.15) is 20.3 Å². The maximum absolute atomic E-state index is 5.00. The van der Waals surface area contributed by atoms with E-state index in [0.717, 1.165) is 6.42 Å². The van der Waals surface area contributed by atoms with Gasteiger partial charge in [0.15, 0.2) is 0 Å². The third-order valence-corrected chi connectivity index (χ3v) is 1.04. The Bertz CT molecular complexity index is 76.5. The molecule has 0 saturated heterocycles. The Morgan fingerprint density at radius 2 is 2.25 bits per heavy atom. The first kappa shape index (κ1) is 7.70. The minimum Gasteiger partial charge on any atom is -0.381 e. The number of methoxy groups -OCH3 is 1. The molecule has 1 atom stereocenters. The summed E-state index contributed by atoms with van der Waals surface area (Å²) < 4.78 is 5.00. The van der Waals surface area contributed by atoms with E-state index >= 15 is 0 Å². The summed E-state index contributed by atoms with van der Waals surface area (Å²) in [6, 6.07) is 0. The summed E-state index contributed by atoms with van der Waals surface area (Å²) in [6.45, 7) is 7.81. The Hall–Kier alpha value is -0.300. The fourth-order valence-electron chi connectivity index (χ4n) is 0.574. The van der Waals surface area contributed by atoms with Gasteiger partial charge in [0.2, 0.25) is 0 Å². The third kappa shape index (κ3) is 3.88. The average molecular weight is 114 g/mol. The van der Waals surface area contributed by atoms with E-state index in [0.29, 0.717) is 6.10 Å². The van der Waals surface area contributed by atoms with Crippen LogP contribution in [0.15, 0.2) is 12.2 Å². The Morgan fingerprint density at radius 3 is 2.38 bits per heavy atom. The molecule has 0 aliphatic rings. The summed E-state index contributed by atoms with van der Waals surface area (Å²) in [6.07, 6.45) is 1.30. The predicted molar refractivity (Wildman–Crippen MR) is 35.9 cm³/mol. The van der Waals surface area contributed by atoms with Gasteiger partial charge in [0.1, 0.15) is 0 Å². The Morgan fingerprint density at radius 1 is 1.75 bits per heavy atom.